The van der Waals surface area contributed by atoms with Crippen molar-refractivity contribution in [3.8, 4) is 0 Å². The molecule has 0 amide bonds. The van der Waals surface area contributed by atoms with Gasteiger partial charge >= 0.3 is 8.72 Å². The zero-order valence-corrected chi connectivity index (χ0v) is 13.4. The van der Waals surface area contributed by atoms with Crippen molar-refractivity contribution in [1.29, 1.82) is 0 Å². The van der Waals surface area contributed by atoms with Gasteiger partial charge in [-0.1, -0.05) is 0 Å². The van der Waals surface area contributed by atoms with Crippen LogP contribution in [0.4, 0.5) is 0 Å². The van der Waals surface area contributed by atoms with Crippen molar-refractivity contribution < 1.29 is 0 Å². The van der Waals surface area contributed by atoms with Crippen LogP contribution in [0.25, 0.3) is 0 Å². The van der Waals surface area contributed by atoms with E-state index >= 15 is 0 Å². The first-order chi connectivity index (χ1) is 7.05. The first-order valence-corrected chi connectivity index (χ1v) is 7.87. The molecule has 0 unspecified atom stereocenters. The topological polar surface area (TPSA) is 39.3 Å². The third-order valence-electron chi connectivity index (χ3n) is 2.76. The molecule has 0 atom stereocenters. The Morgan fingerprint density at radius 1 is 0.688 bits per heavy atom. The Balaban J connectivity index is 5.49. The molecule has 0 fully saturated rings. The highest BCUT2D eigenvalue weighted by molar-refractivity contribution is 6.70. The van der Waals surface area contributed by atoms with Crippen molar-refractivity contribution in [2.75, 3.05) is 21.1 Å². The van der Waals surface area contributed by atoms with E-state index in [1.165, 1.54) is 0 Å². The third kappa shape index (κ3) is 3.27. The Labute approximate surface area is 102 Å². The molecule has 0 aliphatic carbocycles. The molecule has 0 aromatic heterocycles. The van der Waals surface area contributed by atoms with Crippen LogP contribution in [0, 0.1) is 0 Å². The van der Waals surface area contributed by atoms with Gasteiger partial charge in [0.1, 0.15) is 0 Å². The van der Waals surface area contributed by atoms with E-state index in [1.807, 2.05) is 21.1 Å². The molecule has 0 spiro atoms. The van der Waals surface area contributed by atoms with Gasteiger partial charge < -0.3 is 14.9 Å². The minimum atomic E-state index is -2.03. The summed E-state index contributed by atoms with van der Waals surface area (Å²) in [5.74, 6) is 0. The lowest BCUT2D eigenvalue weighted by atomic mass is 10.0. The molecule has 0 bridgehead atoms. The van der Waals surface area contributed by atoms with Crippen LogP contribution < -0.4 is 14.9 Å². The molecule has 0 saturated carbocycles. The normalized spacial score (nSPS) is 14.6. The Kier molecular flexibility index (Phi) is 5.16. The maximum absolute atomic E-state index is 3.47. The highest BCUT2D eigenvalue weighted by Crippen LogP contribution is 2.27. The summed E-state index contributed by atoms with van der Waals surface area (Å²) in [6.07, 6.45) is 0. The Morgan fingerprint density at radius 2 is 0.938 bits per heavy atom. The molecule has 0 aliphatic heterocycles. The second kappa shape index (κ2) is 5.14. The van der Waals surface area contributed by atoms with Gasteiger partial charge in [0, 0.05) is 11.1 Å². The van der Waals surface area contributed by atoms with Crippen LogP contribution in [-0.2, 0) is 0 Å². The molecule has 5 heteroatoms. The standard InChI is InChI=1S/C11H30N4Si/c1-10(2,3)15(11(4,5)6)16(12-7,13-8)14-9/h12-14H,1-9H3. The summed E-state index contributed by atoms with van der Waals surface area (Å²) < 4.78 is 2.53. The fourth-order valence-electron chi connectivity index (χ4n) is 2.72. The summed E-state index contributed by atoms with van der Waals surface area (Å²) in [5.41, 5.74) is 0.193. The maximum atomic E-state index is 3.47. The van der Waals surface area contributed by atoms with Crippen LogP contribution in [0.15, 0.2) is 0 Å². The van der Waals surface area contributed by atoms with Gasteiger partial charge in [-0.05, 0) is 62.7 Å². The molecule has 0 radical (unpaired) electrons. The molecular weight excluding hydrogens is 216 g/mol. The van der Waals surface area contributed by atoms with Crippen molar-refractivity contribution in [2.45, 2.75) is 52.6 Å². The quantitative estimate of drug-likeness (QED) is 0.647. The summed E-state index contributed by atoms with van der Waals surface area (Å²) in [7, 11) is 4.02. The van der Waals surface area contributed by atoms with Gasteiger partial charge in [-0.2, -0.15) is 0 Å². The SMILES string of the molecule is CN[Si](NC)(NC)N(C(C)(C)C)C(C)(C)C. The zero-order chi connectivity index (χ0) is 13.2. The minimum Gasteiger partial charge on any atom is -0.303 e. The van der Waals surface area contributed by atoms with Crippen LogP contribution in [0.5, 0.6) is 0 Å². The predicted molar refractivity (Wildman–Crippen MR) is 74.3 cm³/mol. The molecule has 98 valence electrons. The summed E-state index contributed by atoms with van der Waals surface area (Å²) in [4.78, 5) is 10.4. The Hall–Kier alpha value is 0.0569. The average molecular weight is 246 g/mol. The van der Waals surface area contributed by atoms with Crippen molar-refractivity contribution in [1.82, 2.24) is 19.5 Å². The van der Waals surface area contributed by atoms with E-state index in [9.17, 15) is 0 Å². The van der Waals surface area contributed by atoms with Gasteiger partial charge in [0.25, 0.3) is 0 Å². The lowest BCUT2D eigenvalue weighted by Crippen LogP contribution is -2.85. The number of rotatable bonds is 4. The molecule has 0 aliphatic rings. The highest BCUT2D eigenvalue weighted by Gasteiger charge is 2.48. The van der Waals surface area contributed by atoms with Crippen LogP contribution in [0.1, 0.15) is 41.5 Å². The van der Waals surface area contributed by atoms with Crippen molar-refractivity contribution >= 4 is 8.72 Å². The first-order valence-electron chi connectivity index (χ1n) is 5.92. The van der Waals surface area contributed by atoms with E-state index in [2.05, 4.69) is 61.1 Å². The van der Waals surface area contributed by atoms with Crippen LogP contribution in [0.3, 0.4) is 0 Å². The summed E-state index contributed by atoms with van der Waals surface area (Å²) in [5, 5.41) is 0. The molecule has 0 aromatic carbocycles. The molecule has 3 N–H and O–H groups in total. The highest BCUT2D eigenvalue weighted by atomic mass is 28.4. The van der Waals surface area contributed by atoms with E-state index in [0.29, 0.717) is 0 Å². The molecule has 0 aromatic rings. The van der Waals surface area contributed by atoms with E-state index in [0.717, 1.165) is 0 Å². The van der Waals surface area contributed by atoms with Gasteiger partial charge in [0.15, 0.2) is 0 Å². The van der Waals surface area contributed by atoms with Crippen LogP contribution >= 0.6 is 0 Å². The van der Waals surface area contributed by atoms with Gasteiger partial charge in [-0.15, -0.1) is 0 Å². The van der Waals surface area contributed by atoms with Gasteiger partial charge in [0.2, 0.25) is 0 Å². The van der Waals surface area contributed by atoms with E-state index in [1.54, 1.807) is 0 Å². The maximum Gasteiger partial charge on any atom is 0.368 e. The van der Waals surface area contributed by atoms with Gasteiger partial charge in [0.05, 0.1) is 0 Å². The summed E-state index contributed by atoms with van der Waals surface area (Å²) >= 11 is 0. The fraction of sp³-hybridized carbons (Fsp3) is 1.00. The van der Waals surface area contributed by atoms with E-state index < -0.39 is 8.72 Å². The lowest BCUT2D eigenvalue weighted by Gasteiger charge is -2.54. The van der Waals surface area contributed by atoms with Crippen molar-refractivity contribution in [2.24, 2.45) is 0 Å². The second-order valence-electron chi connectivity index (χ2n) is 6.14. The van der Waals surface area contributed by atoms with E-state index in [-0.39, 0.29) is 11.1 Å². The molecule has 0 saturated heterocycles. The Bertz CT molecular complexity index is 191. The fourth-order valence-corrected chi connectivity index (χ4v) is 6.16. The molecule has 16 heavy (non-hydrogen) atoms. The van der Waals surface area contributed by atoms with Crippen LogP contribution in [-0.4, -0.2) is 45.5 Å². The molecule has 4 nitrogen and oxygen atoms in total. The minimum absolute atomic E-state index is 0.0967. The van der Waals surface area contributed by atoms with Crippen LogP contribution in [0.2, 0.25) is 0 Å². The van der Waals surface area contributed by atoms with Crippen molar-refractivity contribution in [3.05, 3.63) is 0 Å². The molecule has 0 heterocycles. The Morgan fingerprint density at radius 3 is 1.00 bits per heavy atom. The van der Waals surface area contributed by atoms with E-state index in [4.69, 9.17) is 0 Å². The molecular formula is C11H30N4Si. The van der Waals surface area contributed by atoms with Gasteiger partial charge in [-0.25, -0.2) is 0 Å². The smallest absolute Gasteiger partial charge is 0.303 e. The third-order valence-corrected chi connectivity index (χ3v) is 6.95. The lowest BCUT2D eigenvalue weighted by molar-refractivity contribution is 0.115. The molecule has 0 rings (SSSR count). The number of hydrogen-bond donors (Lipinski definition) is 3. The predicted octanol–water partition coefficient (Wildman–Crippen LogP) is 0.979. The number of hydrogen-bond acceptors (Lipinski definition) is 4. The first kappa shape index (κ1) is 16.1. The average Bonchev–Trinajstić information content (AvgIpc) is 2.10. The number of nitrogens with zero attached hydrogens (tertiary/aromatic N) is 1. The zero-order valence-electron chi connectivity index (χ0n) is 12.4. The summed E-state index contributed by atoms with van der Waals surface area (Å²) in [6.45, 7) is 13.5. The van der Waals surface area contributed by atoms with Crippen molar-refractivity contribution in [3.63, 3.8) is 0 Å². The van der Waals surface area contributed by atoms with Gasteiger partial charge in [-0.3, -0.25) is 4.57 Å². The largest absolute Gasteiger partial charge is 0.368 e. The number of nitrogens with one attached hydrogen (secondary N) is 3. The monoisotopic (exact) mass is 246 g/mol. The second-order valence-corrected chi connectivity index (χ2v) is 9.51. The summed E-state index contributed by atoms with van der Waals surface area (Å²) in [6, 6.07) is 0.